The summed E-state index contributed by atoms with van der Waals surface area (Å²) < 4.78 is 0. The quantitative estimate of drug-likeness (QED) is 0.395. The van der Waals surface area contributed by atoms with Gasteiger partial charge in [-0.2, -0.15) is 0 Å². The van der Waals surface area contributed by atoms with Gasteiger partial charge in [-0.3, -0.25) is 0 Å². The van der Waals surface area contributed by atoms with Crippen molar-refractivity contribution in [3.8, 4) is 11.3 Å². The Morgan fingerprint density at radius 2 is 1.64 bits per heavy atom. The van der Waals surface area contributed by atoms with Gasteiger partial charge in [-0.15, -0.1) is 10.2 Å². The summed E-state index contributed by atoms with van der Waals surface area (Å²) in [4.78, 5) is 16.5. The van der Waals surface area contributed by atoms with Gasteiger partial charge in [0.05, 0.1) is 16.4 Å². The number of halogens is 2. The van der Waals surface area contributed by atoms with Crippen molar-refractivity contribution in [2.24, 2.45) is 0 Å². The number of carbonyl (C=O) groups is 1. The maximum absolute atomic E-state index is 12.6. The summed E-state index contributed by atoms with van der Waals surface area (Å²) >= 11 is 12.1. The number of urea groups is 1. The third-order valence-corrected chi connectivity index (χ3v) is 6.33. The summed E-state index contributed by atoms with van der Waals surface area (Å²) in [5.74, 6) is 0.805. The lowest BCUT2D eigenvalue weighted by Crippen LogP contribution is -2.50. The first-order chi connectivity index (χ1) is 16.1. The first-order valence-corrected chi connectivity index (χ1v) is 11.4. The number of aromatic nitrogens is 2. The van der Waals surface area contributed by atoms with E-state index in [9.17, 15) is 4.79 Å². The fourth-order valence-electron chi connectivity index (χ4n) is 4.01. The number of hydrogen-bond acceptors (Lipinski definition) is 4. The van der Waals surface area contributed by atoms with Gasteiger partial charge in [-0.25, -0.2) is 4.79 Å². The van der Waals surface area contributed by atoms with Crippen LogP contribution in [0.3, 0.4) is 0 Å². The van der Waals surface area contributed by atoms with E-state index in [0.29, 0.717) is 41.9 Å². The monoisotopic (exact) mass is 477 g/mol. The average Bonchev–Trinajstić information content (AvgIpc) is 2.85. The van der Waals surface area contributed by atoms with Crippen LogP contribution >= 0.6 is 23.2 Å². The number of nitrogens with zero attached hydrogens (tertiary/aromatic N) is 4. The zero-order chi connectivity index (χ0) is 22.8. The Kier molecular flexibility index (Phi) is 6.03. The number of piperazine rings is 1. The molecule has 3 aromatic carbocycles. The zero-order valence-electron chi connectivity index (χ0n) is 17.7. The number of carbonyl (C=O) groups excluding carboxylic acids is 1. The lowest BCUT2D eigenvalue weighted by Gasteiger charge is -2.35. The summed E-state index contributed by atoms with van der Waals surface area (Å²) in [6.07, 6.45) is 0. The van der Waals surface area contributed by atoms with Crippen LogP contribution < -0.4 is 10.2 Å². The Bertz CT molecular complexity index is 1300. The third-order valence-electron chi connectivity index (χ3n) is 5.78. The minimum absolute atomic E-state index is 0.184. The van der Waals surface area contributed by atoms with E-state index < -0.39 is 0 Å². The smallest absolute Gasteiger partial charge is 0.322 e. The van der Waals surface area contributed by atoms with Gasteiger partial charge in [-0.05, 0) is 41.1 Å². The molecule has 33 heavy (non-hydrogen) atoms. The topological polar surface area (TPSA) is 61.4 Å². The van der Waals surface area contributed by atoms with E-state index in [1.165, 1.54) is 5.39 Å². The SMILES string of the molecule is O=C(Nc1ccc(Cl)cc1Cl)N1CCN(c2ccc(-c3cccc4ccccc34)nn2)CC1. The summed E-state index contributed by atoms with van der Waals surface area (Å²) in [5, 5.41) is 15.1. The third kappa shape index (κ3) is 4.58. The van der Waals surface area contributed by atoms with Crippen LogP contribution in [0.4, 0.5) is 16.3 Å². The van der Waals surface area contributed by atoms with Crippen molar-refractivity contribution in [1.82, 2.24) is 15.1 Å². The van der Waals surface area contributed by atoms with Crippen molar-refractivity contribution in [3.63, 3.8) is 0 Å². The molecule has 2 heterocycles. The molecule has 0 spiro atoms. The first-order valence-electron chi connectivity index (χ1n) is 10.7. The van der Waals surface area contributed by atoms with E-state index in [4.69, 9.17) is 23.2 Å². The van der Waals surface area contributed by atoms with Gasteiger partial charge in [0.15, 0.2) is 5.82 Å². The predicted molar refractivity (Wildman–Crippen MR) is 134 cm³/mol. The Morgan fingerprint density at radius 3 is 2.39 bits per heavy atom. The predicted octanol–water partition coefficient (Wildman–Crippen LogP) is 5.96. The number of benzene rings is 3. The van der Waals surface area contributed by atoms with Crippen LogP contribution in [0.5, 0.6) is 0 Å². The molecular formula is C25H21Cl2N5O. The van der Waals surface area contributed by atoms with Crippen LogP contribution in [0.15, 0.2) is 72.8 Å². The van der Waals surface area contributed by atoms with E-state index in [2.05, 4.69) is 44.7 Å². The van der Waals surface area contributed by atoms with Crippen molar-refractivity contribution >= 4 is 51.5 Å². The molecule has 2 amide bonds. The highest BCUT2D eigenvalue weighted by atomic mass is 35.5. The maximum Gasteiger partial charge on any atom is 0.322 e. The zero-order valence-corrected chi connectivity index (χ0v) is 19.2. The van der Waals surface area contributed by atoms with Crippen LogP contribution in [-0.4, -0.2) is 47.3 Å². The molecule has 6 nitrogen and oxygen atoms in total. The number of amides is 2. The Morgan fingerprint density at radius 1 is 0.848 bits per heavy atom. The molecule has 4 aromatic rings. The fraction of sp³-hybridized carbons (Fsp3) is 0.160. The summed E-state index contributed by atoms with van der Waals surface area (Å²) in [6, 6.07) is 23.3. The molecule has 0 atom stereocenters. The molecule has 166 valence electrons. The van der Waals surface area contributed by atoms with Crippen molar-refractivity contribution in [2.45, 2.75) is 0 Å². The van der Waals surface area contributed by atoms with E-state index in [1.807, 2.05) is 30.3 Å². The van der Waals surface area contributed by atoms with E-state index >= 15 is 0 Å². The van der Waals surface area contributed by atoms with Crippen LogP contribution in [0.2, 0.25) is 10.0 Å². The van der Waals surface area contributed by atoms with Crippen LogP contribution in [0.1, 0.15) is 0 Å². The maximum atomic E-state index is 12.6. The fourth-order valence-corrected chi connectivity index (χ4v) is 4.47. The molecule has 1 fully saturated rings. The average molecular weight is 478 g/mol. The van der Waals surface area contributed by atoms with E-state index in [-0.39, 0.29) is 6.03 Å². The number of nitrogens with one attached hydrogen (secondary N) is 1. The van der Waals surface area contributed by atoms with Gasteiger partial charge in [0.25, 0.3) is 0 Å². The van der Waals surface area contributed by atoms with Crippen molar-refractivity contribution in [1.29, 1.82) is 0 Å². The molecular weight excluding hydrogens is 457 g/mol. The van der Waals surface area contributed by atoms with Gasteiger partial charge in [0, 0.05) is 36.8 Å². The number of anilines is 2. The van der Waals surface area contributed by atoms with E-state index in [0.717, 1.165) is 22.5 Å². The molecule has 0 saturated carbocycles. The van der Waals surface area contributed by atoms with Crippen molar-refractivity contribution < 1.29 is 4.79 Å². The molecule has 1 aromatic heterocycles. The molecule has 0 unspecified atom stereocenters. The summed E-state index contributed by atoms with van der Waals surface area (Å²) in [7, 11) is 0. The summed E-state index contributed by atoms with van der Waals surface area (Å²) in [5.41, 5.74) is 2.45. The van der Waals surface area contributed by atoms with Crippen molar-refractivity contribution in [2.75, 3.05) is 36.4 Å². The van der Waals surface area contributed by atoms with Crippen molar-refractivity contribution in [3.05, 3.63) is 82.8 Å². The molecule has 8 heteroatoms. The molecule has 1 aliphatic heterocycles. The molecule has 5 rings (SSSR count). The minimum atomic E-state index is -0.184. The van der Waals surface area contributed by atoms with Gasteiger partial charge >= 0.3 is 6.03 Å². The highest BCUT2D eigenvalue weighted by molar-refractivity contribution is 6.36. The number of rotatable bonds is 3. The molecule has 1 saturated heterocycles. The Hall–Kier alpha value is -3.35. The van der Waals surface area contributed by atoms with Gasteiger partial charge < -0.3 is 15.1 Å². The van der Waals surface area contributed by atoms with Gasteiger partial charge in [0.2, 0.25) is 0 Å². The highest BCUT2D eigenvalue weighted by Crippen LogP contribution is 2.28. The van der Waals surface area contributed by atoms with Gasteiger partial charge in [0.1, 0.15) is 0 Å². The second-order valence-corrected chi connectivity index (χ2v) is 8.68. The normalized spacial score (nSPS) is 13.9. The number of fused-ring (bicyclic) bond motifs is 1. The standard InChI is InChI=1S/C25H21Cl2N5O/c26-18-8-9-23(21(27)16-18)28-25(33)32-14-12-31(13-15-32)24-11-10-22(29-30-24)20-7-3-5-17-4-1-2-6-19(17)20/h1-11,16H,12-15H2,(H,28,33). The lowest BCUT2D eigenvalue weighted by molar-refractivity contribution is 0.208. The Balaban J connectivity index is 1.23. The molecule has 0 aliphatic carbocycles. The Labute approximate surface area is 201 Å². The molecule has 0 radical (unpaired) electrons. The highest BCUT2D eigenvalue weighted by Gasteiger charge is 2.23. The second-order valence-electron chi connectivity index (χ2n) is 7.83. The van der Waals surface area contributed by atoms with E-state index in [1.54, 1.807) is 23.1 Å². The minimum Gasteiger partial charge on any atom is -0.352 e. The molecule has 1 aliphatic rings. The number of hydrogen-bond donors (Lipinski definition) is 1. The molecule has 0 bridgehead atoms. The van der Waals surface area contributed by atoms with Crippen LogP contribution in [0, 0.1) is 0 Å². The lowest BCUT2D eigenvalue weighted by atomic mass is 10.0. The van der Waals surface area contributed by atoms with Crippen LogP contribution in [0.25, 0.3) is 22.0 Å². The summed E-state index contributed by atoms with van der Waals surface area (Å²) in [6.45, 7) is 2.49. The van der Waals surface area contributed by atoms with Gasteiger partial charge in [-0.1, -0.05) is 65.7 Å². The first kappa shape index (κ1) is 21.5. The molecule has 1 N–H and O–H groups in total. The largest absolute Gasteiger partial charge is 0.352 e. The second kappa shape index (κ2) is 9.25. The van der Waals surface area contributed by atoms with Crippen LogP contribution in [-0.2, 0) is 0 Å².